The van der Waals surface area contributed by atoms with Crippen LogP contribution in [0.25, 0.3) is 0 Å². The molecule has 4 rings (SSSR count). The van der Waals surface area contributed by atoms with Crippen LogP contribution in [0.15, 0.2) is 83.3 Å². The van der Waals surface area contributed by atoms with Gasteiger partial charge in [-0.25, -0.2) is 4.39 Å². The van der Waals surface area contributed by atoms with E-state index in [0.717, 1.165) is 30.7 Å². The molecule has 34 heavy (non-hydrogen) atoms. The van der Waals surface area contributed by atoms with Gasteiger partial charge in [0.15, 0.2) is 0 Å². The van der Waals surface area contributed by atoms with Crippen LogP contribution in [-0.2, 0) is 0 Å². The maximum atomic E-state index is 14.8. The molecule has 0 saturated heterocycles. The van der Waals surface area contributed by atoms with Crippen molar-refractivity contribution in [2.75, 3.05) is 6.54 Å². The van der Waals surface area contributed by atoms with Crippen LogP contribution < -0.4 is 10.6 Å². The smallest absolute Gasteiger partial charge is 0.129 e. The van der Waals surface area contributed by atoms with Gasteiger partial charge in [0.25, 0.3) is 0 Å². The third kappa shape index (κ3) is 5.74. The van der Waals surface area contributed by atoms with Crippen LogP contribution in [0, 0.1) is 29.1 Å². The SMILES string of the molecule is CC1CCC(C)C2=C1C=CC(NC/C=C/NC1=CCC(C(C)(C)C)C=C1C1C=CC=CC1F)C2. The van der Waals surface area contributed by atoms with E-state index >= 15 is 0 Å². The van der Waals surface area contributed by atoms with Crippen molar-refractivity contribution in [1.82, 2.24) is 10.6 Å². The van der Waals surface area contributed by atoms with Crippen LogP contribution in [0.1, 0.15) is 60.3 Å². The highest BCUT2D eigenvalue weighted by Gasteiger charge is 2.31. The molecule has 6 unspecified atom stereocenters. The van der Waals surface area contributed by atoms with Crippen molar-refractivity contribution in [3.05, 3.63) is 83.3 Å². The van der Waals surface area contributed by atoms with Crippen LogP contribution in [0.5, 0.6) is 0 Å². The van der Waals surface area contributed by atoms with E-state index < -0.39 is 6.17 Å². The molecule has 4 aliphatic carbocycles. The van der Waals surface area contributed by atoms with E-state index in [-0.39, 0.29) is 11.3 Å². The standard InChI is InChI=1S/C31H43FN2/c1-21-11-12-22(2)27-20-24(14-15-25(21)27)33-17-8-18-34-30-16-13-23(31(3,4)5)19-28(30)26-9-6-7-10-29(26)32/h6-10,14-16,18-19,21-24,26,29,33-34H,11-13,17,20H2,1-5H3/b18-8+. The summed E-state index contributed by atoms with van der Waals surface area (Å²) in [5, 5.41) is 7.15. The lowest BCUT2D eigenvalue weighted by molar-refractivity contribution is 0.285. The van der Waals surface area contributed by atoms with Gasteiger partial charge >= 0.3 is 0 Å². The lowest BCUT2D eigenvalue weighted by Crippen LogP contribution is -2.32. The van der Waals surface area contributed by atoms with Gasteiger partial charge in [0, 0.05) is 24.2 Å². The van der Waals surface area contributed by atoms with Gasteiger partial charge in [0.05, 0.1) is 0 Å². The zero-order chi connectivity index (χ0) is 24.3. The van der Waals surface area contributed by atoms with E-state index in [0.29, 0.717) is 23.8 Å². The Hall–Kier alpha value is -2.13. The van der Waals surface area contributed by atoms with Crippen molar-refractivity contribution in [3.8, 4) is 0 Å². The summed E-state index contributed by atoms with van der Waals surface area (Å²) < 4.78 is 14.8. The Morgan fingerprint density at radius 1 is 1.06 bits per heavy atom. The molecule has 0 saturated carbocycles. The number of rotatable bonds is 6. The van der Waals surface area contributed by atoms with Gasteiger partial charge in [0.2, 0.25) is 0 Å². The minimum atomic E-state index is -0.979. The van der Waals surface area contributed by atoms with Gasteiger partial charge in [-0.3, -0.25) is 0 Å². The van der Waals surface area contributed by atoms with Gasteiger partial charge in [0.1, 0.15) is 6.17 Å². The van der Waals surface area contributed by atoms with E-state index in [9.17, 15) is 4.39 Å². The topological polar surface area (TPSA) is 24.1 Å². The van der Waals surface area contributed by atoms with Crippen LogP contribution in [0.4, 0.5) is 4.39 Å². The van der Waals surface area contributed by atoms with E-state index in [1.165, 1.54) is 12.8 Å². The van der Waals surface area contributed by atoms with E-state index in [2.05, 4.69) is 75.6 Å². The van der Waals surface area contributed by atoms with E-state index in [1.807, 2.05) is 24.4 Å². The van der Waals surface area contributed by atoms with Crippen LogP contribution in [0.2, 0.25) is 0 Å². The first-order chi connectivity index (χ1) is 16.2. The normalized spacial score (nSPS) is 33.7. The van der Waals surface area contributed by atoms with E-state index in [4.69, 9.17) is 0 Å². The second kappa shape index (κ2) is 10.6. The number of alkyl halides is 1. The highest BCUT2D eigenvalue weighted by molar-refractivity contribution is 5.42. The third-order valence-electron chi connectivity index (χ3n) is 8.14. The molecule has 0 spiro atoms. The lowest BCUT2D eigenvalue weighted by atomic mass is 9.73. The fraction of sp³-hybridized carbons (Fsp3) is 0.548. The Kier molecular flexibility index (Phi) is 7.82. The van der Waals surface area contributed by atoms with Crippen molar-refractivity contribution >= 4 is 0 Å². The summed E-state index contributed by atoms with van der Waals surface area (Å²) in [5.74, 6) is 1.60. The van der Waals surface area contributed by atoms with Crippen LogP contribution in [0.3, 0.4) is 0 Å². The molecule has 0 aromatic carbocycles. The molecular weight excluding hydrogens is 419 g/mol. The zero-order valence-corrected chi connectivity index (χ0v) is 21.7. The highest BCUT2D eigenvalue weighted by atomic mass is 19.1. The second-order valence-electron chi connectivity index (χ2n) is 11.7. The Labute approximate surface area is 206 Å². The Bertz CT molecular complexity index is 952. The number of allylic oxidation sites excluding steroid dienone is 9. The molecule has 184 valence electrons. The largest absolute Gasteiger partial charge is 0.362 e. The monoisotopic (exact) mass is 462 g/mol. The predicted molar refractivity (Wildman–Crippen MR) is 143 cm³/mol. The van der Waals surface area contributed by atoms with Crippen molar-refractivity contribution in [2.45, 2.75) is 72.5 Å². The van der Waals surface area contributed by atoms with Crippen molar-refractivity contribution in [2.24, 2.45) is 29.1 Å². The minimum absolute atomic E-state index is 0.156. The molecule has 2 N–H and O–H groups in total. The average molecular weight is 463 g/mol. The molecule has 0 heterocycles. The molecule has 0 aromatic heterocycles. The number of hydrogen-bond acceptors (Lipinski definition) is 2. The maximum absolute atomic E-state index is 14.8. The van der Waals surface area contributed by atoms with E-state index in [1.54, 1.807) is 17.2 Å². The average Bonchev–Trinajstić information content (AvgIpc) is 2.81. The van der Waals surface area contributed by atoms with Crippen molar-refractivity contribution < 1.29 is 4.39 Å². The van der Waals surface area contributed by atoms with Crippen molar-refractivity contribution in [3.63, 3.8) is 0 Å². The summed E-state index contributed by atoms with van der Waals surface area (Å²) in [6.45, 7) is 12.4. The Morgan fingerprint density at radius 2 is 1.82 bits per heavy atom. The fourth-order valence-electron chi connectivity index (χ4n) is 5.74. The summed E-state index contributed by atoms with van der Waals surface area (Å²) in [4.78, 5) is 0. The maximum Gasteiger partial charge on any atom is 0.129 e. The number of halogens is 1. The summed E-state index contributed by atoms with van der Waals surface area (Å²) in [6, 6.07) is 0.402. The van der Waals surface area contributed by atoms with Gasteiger partial charge in [-0.05, 0) is 72.3 Å². The quantitative estimate of drug-likeness (QED) is 0.432. The molecule has 3 heteroatoms. The Balaban J connectivity index is 1.34. The van der Waals surface area contributed by atoms with Crippen molar-refractivity contribution in [1.29, 1.82) is 0 Å². The summed E-state index contributed by atoms with van der Waals surface area (Å²) in [5.41, 5.74) is 5.52. The molecular formula is C31H43FN2. The van der Waals surface area contributed by atoms with Crippen LogP contribution >= 0.6 is 0 Å². The van der Waals surface area contributed by atoms with Gasteiger partial charge in [-0.1, -0.05) is 88.8 Å². The highest BCUT2D eigenvalue weighted by Crippen LogP contribution is 2.40. The fourth-order valence-corrected chi connectivity index (χ4v) is 5.74. The zero-order valence-electron chi connectivity index (χ0n) is 21.7. The first-order valence-corrected chi connectivity index (χ1v) is 13.2. The summed E-state index contributed by atoms with van der Waals surface area (Å²) in [7, 11) is 0. The second-order valence-corrected chi connectivity index (χ2v) is 11.7. The molecule has 0 amide bonds. The van der Waals surface area contributed by atoms with Crippen LogP contribution in [-0.4, -0.2) is 18.8 Å². The number of hydrogen-bond donors (Lipinski definition) is 2. The molecule has 0 fully saturated rings. The molecule has 6 atom stereocenters. The predicted octanol–water partition coefficient (Wildman–Crippen LogP) is 7.33. The molecule has 0 bridgehead atoms. The van der Waals surface area contributed by atoms with Gasteiger partial charge in [-0.2, -0.15) is 0 Å². The molecule has 4 aliphatic rings. The molecule has 2 nitrogen and oxygen atoms in total. The number of nitrogens with one attached hydrogen (secondary N) is 2. The Morgan fingerprint density at radius 3 is 2.59 bits per heavy atom. The lowest BCUT2D eigenvalue weighted by Gasteiger charge is -2.34. The minimum Gasteiger partial charge on any atom is -0.362 e. The first-order valence-electron chi connectivity index (χ1n) is 13.2. The summed E-state index contributed by atoms with van der Waals surface area (Å²) in [6.07, 6.45) is 24.6. The molecule has 0 aromatic rings. The third-order valence-corrected chi connectivity index (χ3v) is 8.14. The first kappa shape index (κ1) is 25.0. The summed E-state index contributed by atoms with van der Waals surface area (Å²) >= 11 is 0. The van der Waals surface area contributed by atoms with Gasteiger partial charge < -0.3 is 10.6 Å². The molecule has 0 aliphatic heterocycles. The van der Waals surface area contributed by atoms with Gasteiger partial charge in [-0.15, -0.1) is 0 Å². The molecule has 0 radical (unpaired) electrons.